The van der Waals surface area contributed by atoms with Gasteiger partial charge in [-0.15, -0.1) is 0 Å². The minimum absolute atomic E-state index is 0.107. The number of benzene rings is 2. The van der Waals surface area contributed by atoms with E-state index in [1.54, 1.807) is 48.5 Å². The van der Waals surface area contributed by atoms with Gasteiger partial charge in [-0.3, -0.25) is 14.4 Å². The fraction of sp³-hybridized carbons (Fsp3) is 0.227. The highest BCUT2D eigenvalue weighted by Gasteiger charge is 2.47. The van der Waals surface area contributed by atoms with Crippen LogP contribution < -0.4 is 9.64 Å². The Balaban J connectivity index is 1.49. The molecule has 0 saturated carbocycles. The molecule has 2 aliphatic rings. The number of hydrogen-bond acceptors (Lipinski definition) is 4. The van der Waals surface area contributed by atoms with Gasteiger partial charge in [-0.25, -0.2) is 4.90 Å². The van der Waals surface area contributed by atoms with Crippen molar-refractivity contribution in [3.63, 3.8) is 0 Å². The average molecular weight is 361 g/mol. The third-order valence-electron chi connectivity index (χ3n) is 5.05. The Labute approximate surface area is 157 Å². The van der Waals surface area contributed by atoms with Crippen LogP contribution in [0.4, 0.5) is 5.69 Å². The maximum absolute atomic E-state index is 12.7. The lowest BCUT2D eigenvalue weighted by Gasteiger charge is -2.16. The van der Waals surface area contributed by atoms with Gasteiger partial charge in [0.05, 0.1) is 17.5 Å². The lowest BCUT2D eigenvalue weighted by atomic mass is 9.85. The zero-order valence-corrected chi connectivity index (χ0v) is 14.7. The van der Waals surface area contributed by atoms with E-state index in [-0.39, 0.29) is 36.0 Å². The van der Waals surface area contributed by atoms with Crippen molar-refractivity contribution in [2.75, 3.05) is 11.5 Å². The first-order valence-corrected chi connectivity index (χ1v) is 8.99. The molecule has 0 N–H and O–H groups in total. The molecule has 136 valence electrons. The van der Waals surface area contributed by atoms with E-state index in [9.17, 15) is 14.4 Å². The standard InChI is InChI=1S/C22H19NO4/c24-20(15-7-2-1-3-8-15)14-27-17-10-6-9-16(13-17)23-21(25)18-11-4-5-12-19(18)22(23)26/h1-10,13,18-19H,11-12,14H2/t18-,19+. The molecule has 1 saturated heterocycles. The largest absolute Gasteiger partial charge is 0.485 e. The normalized spacial score (nSPS) is 21.3. The minimum Gasteiger partial charge on any atom is -0.485 e. The smallest absolute Gasteiger partial charge is 0.238 e. The number of anilines is 1. The molecule has 27 heavy (non-hydrogen) atoms. The van der Waals surface area contributed by atoms with Crippen molar-refractivity contribution in [2.24, 2.45) is 11.8 Å². The van der Waals surface area contributed by atoms with Gasteiger partial charge in [-0.1, -0.05) is 48.6 Å². The summed E-state index contributed by atoms with van der Waals surface area (Å²) in [6.45, 7) is -0.107. The van der Waals surface area contributed by atoms with E-state index in [4.69, 9.17) is 4.74 Å². The maximum Gasteiger partial charge on any atom is 0.238 e. The van der Waals surface area contributed by atoms with Gasteiger partial charge in [-0.2, -0.15) is 0 Å². The molecule has 2 aromatic carbocycles. The monoisotopic (exact) mass is 361 g/mol. The van der Waals surface area contributed by atoms with E-state index in [0.29, 0.717) is 29.8 Å². The first-order valence-electron chi connectivity index (χ1n) is 8.99. The van der Waals surface area contributed by atoms with E-state index in [1.165, 1.54) is 4.90 Å². The Morgan fingerprint density at radius 3 is 2.26 bits per heavy atom. The predicted octanol–water partition coefficient (Wildman–Crippen LogP) is 3.40. The molecule has 1 aliphatic heterocycles. The highest BCUT2D eigenvalue weighted by atomic mass is 16.5. The number of imide groups is 1. The molecule has 0 spiro atoms. The lowest BCUT2D eigenvalue weighted by molar-refractivity contribution is -0.122. The summed E-state index contributed by atoms with van der Waals surface area (Å²) in [7, 11) is 0. The maximum atomic E-state index is 12.7. The Bertz CT molecular complexity index is 893. The summed E-state index contributed by atoms with van der Waals surface area (Å²) in [5, 5.41) is 0. The highest BCUT2D eigenvalue weighted by Crippen LogP contribution is 2.38. The van der Waals surface area contributed by atoms with Crippen molar-refractivity contribution in [3.05, 3.63) is 72.3 Å². The summed E-state index contributed by atoms with van der Waals surface area (Å²) in [5.74, 6) is -0.547. The second-order valence-corrected chi connectivity index (χ2v) is 6.74. The lowest BCUT2D eigenvalue weighted by Crippen LogP contribution is -2.30. The van der Waals surface area contributed by atoms with Crippen molar-refractivity contribution >= 4 is 23.3 Å². The number of amides is 2. The molecule has 5 nitrogen and oxygen atoms in total. The third-order valence-corrected chi connectivity index (χ3v) is 5.05. The van der Waals surface area contributed by atoms with Gasteiger partial charge in [0.1, 0.15) is 5.75 Å². The topological polar surface area (TPSA) is 63.7 Å². The first kappa shape index (κ1) is 17.2. The summed E-state index contributed by atoms with van der Waals surface area (Å²) in [4.78, 5) is 38.8. The number of nitrogens with zero attached hydrogens (tertiary/aromatic N) is 1. The molecule has 1 fully saturated rings. The number of ketones is 1. The zero-order valence-electron chi connectivity index (χ0n) is 14.7. The molecule has 0 aromatic heterocycles. The number of carbonyl (C=O) groups is 3. The Morgan fingerprint density at radius 1 is 0.926 bits per heavy atom. The van der Waals surface area contributed by atoms with Crippen LogP contribution >= 0.6 is 0 Å². The Hall–Kier alpha value is -3.21. The molecule has 2 amide bonds. The summed E-state index contributed by atoms with van der Waals surface area (Å²) in [6, 6.07) is 15.7. The molecule has 0 radical (unpaired) electrons. The second kappa shape index (κ2) is 7.19. The molecule has 4 rings (SSSR count). The molecule has 5 heteroatoms. The van der Waals surface area contributed by atoms with Gasteiger partial charge in [0.2, 0.25) is 11.8 Å². The Kier molecular flexibility index (Phi) is 4.59. The quantitative estimate of drug-likeness (QED) is 0.465. The van der Waals surface area contributed by atoms with Crippen molar-refractivity contribution in [3.8, 4) is 5.75 Å². The van der Waals surface area contributed by atoms with Crippen LogP contribution in [0.25, 0.3) is 0 Å². The molecule has 1 aliphatic carbocycles. The van der Waals surface area contributed by atoms with Gasteiger partial charge in [0.25, 0.3) is 0 Å². The van der Waals surface area contributed by atoms with Gasteiger partial charge in [0, 0.05) is 11.6 Å². The molecular formula is C22H19NO4. The van der Waals surface area contributed by atoms with Crippen LogP contribution in [0.15, 0.2) is 66.7 Å². The molecule has 2 aromatic rings. The van der Waals surface area contributed by atoms with Gasteiger partial charge in [0.15, 0.2) is 12.4 Å². The highest BCUT2D eigenvalue weighted by molar-refractivity contribution is 6.22. The van der Waals surface area contributed by atoms with Crippen LogP contribution in [0.2, 0.25) is 0 Å². The van der Waals surface area contributed by atoms with Crippen LogP contribution in [0.5, 0.6) is 5.75 Å². The SMILES string of the molecule is O=C(COc1cccc(N2C(=O)[C@H]3CC=CC[C@H]3C2=O)c1)c1ccccc1. The summed E-state index contributed by atoms with van der Waals surface area (Å²) in [5.41, 5.74) is 1.07. The summed E-state index contributed by atoms with van der Waals surface area (Å²) >= 11 is 0. The molecule has 2 atom stereocenters. The second-order valence-electron chi connectivity index (χ2n) is 6.74. The molecule has 0 bridgehead atoms. The molecule has 1 heterocycles. The average Bonchev–Trinajstić information content (AvgIpc) is 2.98. The number of rotatable bonds is 5. The number of allylic oxidation sites excluding steroid dienone is 2. The minimum atomic E-state index is -0.272. The molecule has 0 unspecified atom stereocenters. The van der Waals surface area contributed by atoms with Crippen LogP contribution in [0, 0.1) is 11.8 Å². The van der Waals surface area contributed by atoms with Gasteiger partial charge in [-0.05, 0) is 25.0 Å². The predicted molar refractivity (Wildman–Crippen MR) is 101 cm³/mol. The number of Topliss-reactive ketones (excluding diaryl/α,β-unsaturated/α-hetero) is 1. The van der Waals surface area contributed by atoms with E-state index in [0.717, 1.165) is 0 Å². The van der Waals surface area contributed by atoms with Crippen LogP contribution in [-0.2, 0) is 9.59 Å². The van der Waals surface area contributed by atoms with Crippen molar-refractivity contribution in [1.29, 1.82) is 0 Å². The number of fused-ring (bicyclic) bond motifs is 1. The van der Waals surface area contributed by atoms with Gasteiger partial charge >= 0.3 is 0 Å². The van der Waals surface area contributed by atoms with E-state index < -0.39 is 0 Å². The number of carbonyl (C=O) groups excluding carboxylic acids is 3. The van der Waals surface area contributed by atoms with Crippen LogP contribution in [0.1, 0.15) is 23.2 Å². The van der Waals surface area contributed by atoms with E-state index in [2.05, 4.69) is 0 Å². The number of hydrogen-bond donors (Lipinski definition) is 0. The fourth-order valence-electron chi connectivity index (χ4n) is 3.62. The van der Waals surface area contributed by atoms with Crippen molar-refractivity contribution in [2.45, 2.75) is 12.8 Å². The summed E-state index contributed by atoms with van der Waals surface area (Å²) < 4.78 is 5.60. The molecular weight excluding hydrogens is 342 g/mol. The van der Waals surface area contributed by atoms with Crippen molar-refractivity contribution < 1.29 is 19.1 Å². The van der Waals surface area contributed by atoms with E-state index in [1.807, 2.05) is 18.2 Å². The van der Waals surface area contributed by atoms with Crippen molar-refractivity contribution in [1.82, 2.24) is 0 Å². The number of ether oxygens (including phenoxy) is 1. The van der Waals surface area contributed by atoms with Crippen LogP contribution in [-0.4, -0.2) is 24.2 Å². The van der Waals surface area contributed by atoms with Gasteiger partial charge < -0.3 is 4.74 Å². The van der Waals surface area contributed by atoms with Crippen LogP contribution in [0.3, 0.4) is 0 Å². The fourth-order valence-corrected chi connectivity index (χ4v) is 3.62. The third kappa shape index (κ3) is 3.28. The van der Waals surface area contributed by atoms with E-state index >= 15 is 0 Å². The summed E-state index contributed by atoms with van der Waals surface area (Å²) in [6.07, 6.45) is 5.14. The zero-order chi connectivity index (χ0) is 18.8. The Morgan fingerprint density at radius 2 is 1.59 bits per heavy atom. The first-order chi connectivity index (χ1) is 13.1.